The van der Waals surface area contributed by atoms with Crippen molar-refractivity contribution in [2.24, 2.45) is 0 Å². The van der Waals surface area contributed by atoms with Gasteiger partial charge in [0.05, 0.1) is 18.2 Å². The Morgan fingerprint density at radius 3 is 2.74 bits per heavy atom. The molecule has 10 heteroatoms. The highest BCUT2D eigenvalue weighted by Crippen LogP contribution is 2.33. The number of halogens is 3. The first-order valence-electron chi connectivity index (χ1n) is 8.19. The lowest BCUT2D eigenvalue weighted by atomic mass is 9.93. The van der Waals surface area contributed by atoms with Crippen LogP contribution in [0.15, 0.2) is 6.07 Å². The van der Waals surface area contributed by atoms with Gasteiger partial charge in [-0.2, -0.15) is 18.2 Å². The molecular weight excluding hydrogens is 367 g/mol. The average molecular weight is 389 g/mol. The molecule has 1 aliphatic heterocycles. The number of hydrogen-bond donors (Lipinski definition) is 1. The van der Waals surface area contributed by atoms with Gasteiger partial charge in [0, 0.05) is 20.3 Å². The van der Waals surface area contributed by atoms with Crippen LogP contribution in [0.4, 0.5) is 19.1 Å². The highest BCUT2D eigenvalue weighted by atomic mass is 19.4. The summed E-state index contributed by atoms with van der Waals surface area (Å²) in [7, 11) is 3.02. The molecule has 0 radical (unpaired) electrons. The zero-order chi connectivity index (χ0) is 20.1. The van der Waals surface area contributed by atoms with Crippen LogP contribution in [0.3, 0.4) is 0 Å². The zero-order valence-electron chi connectivity index (χ0n) is 15.3. The third kappa shape index (κ3) is 5.69. The second-order valence-corrected chi connectivity index (χ2v) is 6.30. The lowest BCUT2D eigenvalue weighted by molar-refractivity contribution is -0.236. The first-order valence-corrected chi connectivity index (χ1v) is 8.19. The molecule has 1 aromatic heterocycles. The van der Waals surface area contributed by atoms with Crippen molar-refractivity contribution >= 4 is 5.95 Å². The molecule has 3 atom stereocenters. The summed E-state index contributed by atoms with van der Waals surface area (Å²) < 4.78 is 60.7. The number of anilines is 1. The molecule has 1 N–H and O–H groups in total. The number of nitrogens with one attached hydrogen (secondary N) is 1. The van der Waals surface area contributed by atoms with Gasteiger partial charge in [-0.3, -0.25) is 0 Å². The van der Waals surface area contributed by atoms with Crippen molar-refractivity contribution in [2.75, 3.05) is 32.8 Å². The first-order chi connectivity index (χ1) is 12.7. The number of hydrogen-bond acceptors (Lipinski definition) is 7. The minimum absolute atomic E-state index is 0.212. The van der Waals surface area contributed by atoms with Gasteiger partial charge in [0.15, 0.2) is 18.6 Å². The summed E-state index contributed by atoms with van der Waals surface area (Å²) in [6, 6.07) is 0.243. The molecule has 2 unspecified atom stereocenters. The molecule has 2 rings (SSSR count). The fraction of sp³-hybridized carbons (Fsp3) is 0.647. The summed E-state index contributed by atoms with van der Waals surface area (Å²) in [6.45, 7) is 2.03. The SMILES string of the molecule is C#CCOc1cc(C(F)(F)F)nc(NC2CC[C@@](C)(COC)OC2OC)n1. The summed E-state index contributed by atoms with van der Waals surface area (Å²) in [5.74, 6) is 1.66. The predicted octanol–water partition coefficient (Wildman–Crippen LogP) is 2.48. The van der Waals surface area contributed by atoms with Gasteiger partial charge in [0.25, 0.3) is 0 Å². The molecule has 0 aliphatic carbocycles. The van der Waals surface area contributed by atoms with Crippen LogP contribution in [0.2, 0.25) is 0 Å². The Hall–Kier alpha value is -2.09. The van der Waals surface area contributed by atoms with Crippen LogP contribution in [0, 0.1) is 12.3 Å². The average Bonchev–Trinajstić information content (AvgIpc) is 2.61. The Balaban J connectivity index is 2.21. The number of nitrogens with zero attached hydrogens (tertiary/aromatic N) is 2. The Morgan fingerprint density at radius 1 is 1.41 bits per heavy atom. The van der Waals surface area contributed by atoms with Crippen LogP contribution < -0.4 is 10.1 Å². The van der Waals surface area contributed by atoms with Crippen molar-refractivity contribution in [1.29, 1.82) is 0 Å². The fourth-order valence-electron chi connectivity index (χ4n) is 2.77. The monoisotopic (exact) mass is 389 g/mol. The number of aromatic nitrogens is 2. The van der Waals surface area contributed by atoms with Crippen molar-refractivity contribution in [3.05, 3.63) is 11.8 Å². The Bertz CT molecular complexity index is 680. The van der Waals surface area contributed by atoms with Gasteiger partial charge in [0.2, 0.25) is 11.8 Å². The zero-order valence-corrected chi connectivity index (χ0v) is 15.3. The van der Waals surface area contributed by atoms with Gasteiger partial charge in [0.1, 0.15) is 0 Å². The molecule has 7 nitrogen and oxygen atoms in total. The molecule has 0 aromatic carbocycles. The maximum Gasteiger partial charge on any atom is 0.433 e. The van der Waals surface area contributed by atoms with Crippen molar-refractivity contribution in [3.63, 3.8) is 0 Å². The molecule has 0 bridgehead atoms. The van der Waals surface area contributed by atoms with Gasteiger partial charge in [-0.1, -0.05) is 5.92 Å². The quantitative estimate of drug-likeness (QED) is 0.718. The van der Waals surface area contributed by atoms with E-state index in [2.05, 4.69) is 21.2 Å². The van der Waals surface area contributed by atoms with E-state index in [0.717, 1.165) is 0 Å². The van der Waals surface area contributed by atoms with E-state index in [0.29, 0.717) is 25.5 Å². The smallest absolute Gasteiger partial charge is 0.433 e. The predicted molar refractivity (Wildman–Crippen MR) is 90.2 cm³/mol. The number of ether oxygens (including phenoxy) is 4. The molecular formula is C17H22F3N3O4. The summed E-state index contributed by atoms with van der Waals surface area (Å²) in [6.07, 6.45) is 0.863. The van der Waals surface area contributed by atoms with E-state index in [1.54, 1.807) is 7.11 Å². The second-order valence-electron chi connectivity index (χ2n) is 6.30. The van der Waals surface area contributed by atoms with Gasteiger partial charge < -0.3 is 24.3 Å². The molecule has 1 saturated heterocycles. The van der Waals surface area contributed by atoms with Crippen molar-refractivity contribution in [1.82, 2.24) is 9.97 Å². The number of methoxy groups -OCH3 is 2. The number of alkyl halides is 3. The molecule has 150 valence electrons. The van der Waals surface area contributed by atoms with E-state index in [4.69, 9.17) is 25.4 Å². The molecule has 27 heavy (non-hydrogen) atoms. The topological polar surface area (TPSA) is 74.7 Å². The van der Waals surface area contributed by atoms with Crippen molar-refractivity contribution < 1.29 is 32.1 Å². The first kappa shape index (κ1) is 21.2. The van der Waals surface area contributed by atoms with E-state index in [-0.39, 0.29) is 18.4 Å². The van der Waals surface area contributed by atoms with Crippen LogP contribution in [0.1, 0.15) is 25.5 Å². The molecule has 0 amide bonds. The standard InChI is InChI=1S/C17H22F3N3O4/c1-5-8-26-13-9-12(17(18,19)20)22-15(23-13)21-11-6-7-16(2,10-24-3)27-14(11)25-4/h1,9,11,14H,6-8,10H2,2-4H3,(H,21,22,23)/t11?,14?,16-/m0/s1. The van der Waals surface area contributed by atoms with E-state index in [9.17, 15) is 13.2 Å². The van der Waals surface area contributed by atoms with E-state index < -0.39 is 29.8 Å². The molecule has 1 aromatic rings. The summed E-state index contributed by atoms with van der Waals surface area (Å²) in [5, 5.41) is 2.85. The largest absolute Gasteiger partial charge is 0.464 e. The van der Waals surface area contributed by atoms with Crippen LogP contribution in [0.25, 0.3) is 0 Å². The van der Waals surface area contributed by atoms with Crippen LogP contribution in [-0.2, 0) is 20.4 Å². The van der Waals surface area contributed by atoms with Gasteiger partial charge in [-0.15, -0.1) is 6.42 Å². The van der Waals surface area contributed by atoms with E-state index in [1.807, 2.05) is 6.92 Å². The van der Waals surface area contributed by atoms with Crippen molar-refractivity contribution in [2.45, 2.75) is 43.9 Å². The fourth-order valence-corrected chi connectivity index (χ4v) is 2.77. The highest BCUT2D eigenvalue weighted by molar-refractivity contribution is 5.33. The maximum atomic E-state index is 13.1. The van der Waals surface area contributed by atoms with Gasteiger partial charge >= 0.3 is 6.18 Å². The summed E-state index contributed by atoms with van der Waals surface area (Å²) in [5.41, 5.74) is -1.69. The van der Waals surface area contributed by atoms with Crippen LogP contribution >= 0.6 is 0 Å². The number of rotatable bonds is 7. The minimum atomic E-state index is -4.66. The molecule has 1 aliphatic rings. The Morgan fingerprint density at radius 2 is 2.15 bits per heavy atom. The van der Waals surface area contributed by atoms with Gasteiger partial charge in [-0.05, 0) is 19.8 Å². The summed E-state index contributed by atoms with van der Waals surface area (Å²) in [4.78, 5) is 7.48. The Labute approximate surface area is 155 Å². The van der Waals surface area contributed by atoms with Crippen LogP contribution in [0.5, 0.6) is 5.88 Å². The third-order valence-electron chi connectivity index (χ3n) is 4.01. The molecule has 1 fully saturated rings. The van der Waals surface area contributed by atoms with Gasteiger partial charge in [-0.25, -0.2) is 4.98 Å². The lowest BCUT2D eigenvalue weighted by Gasteiger charge is -2.42. The second kappa shape index (κ2) is 8.73. The molecule has 0 saturated carbocycles. The normalized spacial score (nSPS) is 25.7. The maximum absolute atomic E-state index is 13.1. The lowest BCUT2D eigenvalue weighted by Crippen LogP contribution is -2.51. The highest BCUT2D eigenvalue weighted by Gasteiger charge is 2.40. The van der Waals surface area contributed by atoms with Crippen molar-refractivity contribution in [3.8, 4) is 18.2 Å². The molecule has 2 heterocycles. The van der Waals surface area contributed by atoms with Crippen LogP contribution in [-0.4, -0.2) is 55.3 Å². The third-order valence-corrected chi connectivity index (χ3v) is 4.01. The number of terminal acetylenes is 1. The minimum Gasteiger partial charge on any atom is -0.464 e. The molecule has 0 spiro atoms. The summed E-state index contributed by atoms with van der Waals surface area (Å²) >= 11 is 0. The Kier molecular flexibility index (Phi) is 6.86. The van der Waals surface area contributed by atoms with E-state index in [1.165, 1.54) is 7.11 Å². The van der Waals surface area contributed by atoms with E-state index >= 15 is 0 Å².